The highest BCUT2D eigenvalue weighted by atomic mass is 32.1. The Kier molecular flexibility index (Phi) is 2.93. The molecule has 1 aliphatic carbocycles. The van der Waals surface area contributed by atoms with Crippen molar-refractivity contribution in [1.29, 1.82) is 0 Å². The van der Waals surface area contributed by atoms with Gasteiger partial charge in [-0.2, -0.15) is 12.6 Å². The third-order valence-electron chi connectivity index (χ3n) is 2.20. The topological polar surface area (TPSA) is 20.2 Å². The van der Waals surface area contributed by atoms with Crippen LogP contribution in [0, 0.1) is 18.3 Å². The lowest BCUT2D eigenvalue weighted by atomic mass is 10.1. The molecule has 0 aromatic rings. The molecule has 1 rings (SSSR count). The third kappa shape index (κ3) is 1.83. The van der Waals surface area contributed by atoms with E-state index in [1.807, 2.05) is 0 Å². The molecule has 10 heavy (non-hydrogen) atoms. The maximum Gasteiger partial charge on any atom is 0.129 e. The lowest BCUT2D eigenvalue weighted by molar-refractivity contribution is 0.253. The summed E-state index contributed by atoms with van der Waals surface area (Å²) in [6.45, 7) is 2.09. The first-order valence-corrected chi connectivity index (χ1v) is 4.53. The van der Waals surface area contributed by atoms with Crippen LogP contribution in [0.15, 0.2) is 0 Å². The van der Waals surface area contributed by atoms with Gasteiger partial charge in [-0.25, -0.2) is 0 Å². The van der Waals surface area contributed by atoms with Crippen molar-refractivity contribution < 1.29 is 5.11 Å². The highest BCUT2D eigenvalue weighted by Crippen LogP contribution is 2.41. The zero-order valence-electron chi connectivity index (χ0n) is 6.33. The van der Waals surface area contributed by atoms with Crippen LogP contribution in [0.25, 0.3) is 0 Å². The lowest BCUT2D eigenvalue weighted by Crippen LogP contribution is -1.87. The van der Waals surface area contributed by atoms with Crippen LogP contribution in [0.4, 0.5) is 0 Å². The van der Waals surface area contributed by atoms with Gasteiger partial charge in [0.2, 0.25) is 0 Å². The minimum Gasteiger partial charge on any atom is -0.388 e. The molecular weight excluding hydrogens is 144 g/mol. The summed E-state index contributed by atoms with van der Waals surface area (Å²) in [6, 6.07) is 0. The van der Waals surface area contributed by atoms with Crippen LogP contribution in [-0.2, 0) is 0 Å². The lowest BCUT2D eigenvalue weighted by Gasteiger charge is -1.85. The highest BCUT2D eigenvalue weighted by Gasteiger charge is 2.51. The van der Waals surface area contributed by atoms with E-state index in [4.69, 9.17) is 5.11 Å². The molecule has 0 bridgehead atoms. The molecule has 1 saturated carbocycles. The van der Waals surface area contributed by atoms with Gasteiger partial charge in [0, 0.05) is 5.92 Å². The molecule has 1 aliphatic rings. The molecule has 0 aromatic carbocycles. The summed E-state index contributed by atoms with van der Waals surface area (Å²) in [5, 5.41) is 9.14. The number of hydrogen-bond donors (Lipinski definition) is 2. The first-order chi connectivity index (χ1) is 4.77. The molecule has 1 nitrogen and oxygen atoms in total. The number of thiol groups is 1. The third-order valence-corrected chi connectivity index (χ3v) is 2.52. The smallest absolute Gasteiger partial charge is 0.129 e. The van der Waals surface area contributed by atoms with Crippen LogP contribution in [0.1, 0.15) is 19.8 Å². The average Bonchev–Trinajstić information content (AvgIpc) is 2.46. The van der Waals surface area contributed by atoms with E-state index in [0.717, 1.165) is 18.6 Å². The van der Waals surface area contributed by atoms with Crippen molar-refractivity contribution >= 4 is 12.6 Å². The first-order valence-electron chi connectivity index (χ1n) is 3.89. The Bertz CT molecular complexity index is 97.4. The first kappa shape index (κ1) is 8.28. The summed E-state index contributed by atoms with van der Waals surface area (Å²) in [7, 11) is 0. The standard InChI is InChI=1S/C8H14OS/c1-6-7(8(6)9)4-2-3-5-10/h4,6-9H,2-3,5H2,1H3/p+1. The molecule has 0 saturated heterocycles. The summed E-state index contributed by atoms with van der Waals surface area (Å²) < 4.78 is 0. The van der Waals surface area contributed by atoms with Crippen LogP contribution >= 0.6 is 12.6 Å². The molecule has 58 valence electrons. The van der Waals surface area contributed by atoms with Gasteiger partial charge in [0.15, 0.2) is 0 Å². The van der Waals surface area contributed by atoms with E-state index in [9.17, 15) is 0 Å². The molecule has 0 spiro atoms. The fourth-order valence-corrected chi connectivity index (χ4v) is 1.41. The van der Waals surface area contributed by atoms with Crippen molar-refractivity contribution in [2.45, 2.75) is 25.9 Å². The fourth-order valence-electron chi connectivity index (χ4n) is 1.23. The van der Waals surface area contributed by atoms with E-state index >= 15 is 0 Å². The van der Waals surface area contributed by atoms with E-state index in [2.05, 4.69) is 26.0 Å². The molecule has 0 amide bonds. The van der Waals surface area contributed by atoms with Crippen LogP contribution in [0.5, 0.6) is 0 Å². The zero-order chi connectivity index (χ0) is 7.56. The fraction of sp³-hybridized carbons (Fsp3) is 0.875. The van der Waals surface area contributed by atoms with Gasteiger partial charge in [0.1, 0.15) is 12.0 Å². The Labute approximate surface area is 68.2 Å². The van der Waals surface area contributed by atoms with Gasteiger partial charge in [-0.05, 0) is 12.2 Å². The summed E-state index contributed by atoms with van der Waals surface area (Å²) in [5.74, 6) is 1.95. The highest BCUT2D eigenvalue weighted by molar-refractivity contribution is 7.80. The largest absolute Gasteiger partial charge is 0.388 e. The molecule has 2 heteroatoms. The van der Waals surface area contributed by atoms with Gasteiger partial charge in [-0.3, -0.25) is 0 Å². The van der Waals surface area contributed by atoms with Gasteiger partial charge >= 0.3 is 0 Å². The zero-order valence-corrected chi connectivity index (χ0v) is 7.22. The van der Waals surface area contributed by atoms with E-state index < -0.39 is 0 Å². The van der Waals surface area contributed by atoms with Crippen LogP contribution in [0.3, 0.4) is 0 Å². The monoisotopic (exact) mass is 159 g/mol. The van der Waals surface area contributed by atoms with Crippen LogP contribution in [0.2, 0.25) is 0 Å². The maximum absolute atomic E-state index is 9.14. The van der Waals surface area contributed by atoms with Crippen molar-refractivity contribution in [2.75, 3.05) is 5.75 Å². The van der Waals surface area contributed by atoms with Crippen molar-refractivity contribution in [3.05, 3.63) is 6.42 Å². The Morgan fingerprint density at radius 2 is 2.20 bits per heavy atom. The number of aliphatic hydroxyl groups is 1. The Balaban J connectivity index is 1.95. The quantitative estimate of drug-likeness (QED) is 0.362. The van der Waals surface area contributed by atoms with Crippen molar-refractivity contribution in [3.63, 3.8) is 0 Å². The average molecular weight is 159 g/mol. The molecule has 0 heterocycles. The van der Waals surface area contributed by atoms with E-state index in [-0.39, 0.29) is 6.10 Å². The summed E-state index contributed by atoms with van der Waals surface area (Å²) in [5.41, 5.74) is 0. The molecule has 1 N–H and O–H groups in total. The van der Waals surface area contributed by atoms with Crippen LogP contribution in [-0.4, -0.2) is 17.0 Å². The van der Waals surface area contributed by atoms with Crippen LogP contribution < -0.4 is 0 Å². The number of hydrogen-bond acceptors (Lipinski definition) is 2. The van der Waals surface area contributed by atoms with Crippen molar-refractivity contribution in [3.8, 4) is 0 Å². The van der Waals surface area contributed by atoms with Gasteiger partial charge in [-0.15, -0.1) is 0 Å². The van der Waals surface area contributed by atoms with Gasteiger partial charge < -0.3 is 5.11 Å². The summed E-state index contributed by atoms with van der Waals surface area (Å²) in [4.78, 5) is 0. The molecule has 0 radical (unpaired) electrons. The molecule has 0 aliphatic heterocycles. The van der Waals surface area contributed by atoms with Gasteiger partial charge in [0.05, 0.1) is 12.8 Å². The number of unbranched alkanes of at least 4 members (excludes halogenated alkanes) is 1. The Morgan fingerprint density at radius 1 is 1.60 bits per heavy atom. The van der Waals surface area contributed by atoms with Crippen molar-refractivity contribution in [2.24, 2.45) is 11.8 Å². The summed E-state index contributed by atoms with van der Waals surface area (Å²) in [6.07, 6.45) is 4.43. The van der Waals surface area contributed by atoms with E-state index in [1.54, 1.807) is 0 Å². The molecule has 3 unspecified atom stereocenters. The minimum atomic E-state index is -0.0417. The number of aliphatic hydroxyl groups excluding tert-OH is 1. The second-order valence-corrected chi connectivity index (χ2v) is 3.48. The van der Waals surface area contributed by atoms with E-state index in [0.29, 0.717) is 11.8 Å². The molecule has 3 atom stereocenters. The Morgan fingerprint density at radius 3 is 2.60 bits per heavy atom. The Hall–Kier alpha value is 0.180. The predicted octanol–water partition coefficient (Wildman–Crippen LogP) is 1.53. The van der Waals surface area contributed by atoms with E-state index in [1.165, 1.54) is 0 Å². The second kappa shape index (κ2) is 3.54. The molecular formula is C8H15OS+. The van der Waals surface area contributed by atoms with Gasteiger partial charge in [-0.1, -0.05) is 6.92 Å². The van der Waals surface area contributed by atoms with Gasteiger partial charge in [0.25, 0.3) is 0 Å². The minimum absolute atomic E-state index is 0.0417. The maximum atomic E-state index is 9.14. The molecule has 0 aromatic heterocycles. The second-order valence-electron chi connectivity index (χ2n) is 3.03. The summed E-state index contributed by atoms with van der Waals surface area (Å²) >= 11 is 4.11. The molecule has 1 fully saturated rings. The number of rotatable bonds is 4. The predicted molar refractivity (Wildman–Crippen MR) is 46.0 cm³/mol. The normalized spacial score (nSPS) is 37.7. The SMILES string of the molecule is CC1C(O)C1[CH+]CCCS. The van der Waals surface area contributed by atoms with Crippen molar-refractivity contribution in [1.82, 2.24) is 0 Å².